The van der Waals surface area contributed by atoms with E-state index >= 15 is 0 Å². The molecule has 0 unspecified atom stereocenters. The van der Waals surface area contributed by atoms with Crippen molar-refractivity contribution in [1.29, 1.82) is 0 Å². The molecule has 6 heteroatoms. The molecule has 0 aromatic rings. The predicted octanol–water partition coefficient (Wildman–Crippen LogP) is 9.16. The van der Waals surface area contributed by atoms with Crippen LogP contribution < -0.4 is 0 Å². The van der Waals surface area contributed by atoms with Gasteiger partial charge in [0.15, 0.2) is 0 Å². The Bertz CT molecular complexity index is 555. The molecule has 0 rings (SSSR count). The van der Waals surface area contributed by atoms with E-state index in [9.17, 15) is 14.7 Å². The summed E-state index contributed by atoms with van der Waals surface area (Å²) in [6.07, 6.45) is 27.0. The Morgan fingerprint density at radius 3 is 1.56 bits per heavy atom. The van der Waals surface area contributed by atoms with E-state index in [1.54, 1.807) is 0 Å². The summed E-state index contributed by atoms with van der Waals surface area (Å²) in [4.78, 5) is 26.4. The van der Waals surface area contributed by atoms with Crippen molar-refractivity contribution in [2.75, 3.05) is 32.8 Å². The zero-order valence-corrected chi connectivity index (χ0v) is 27.6. The average Bonchev–Trinajstić information content (AvgIpc) is 2.95. The molecule has 0 fully saturated rings. The highest BCUT2D eigenvalue weighted by Crippen LogP contribution is 2.18. The molecular weight excluding hydrogens is 514 g/mol. The van der Waals surface area contributed by atoms with Gasteiger partial charge in [0, 0.05) is 19.4 Å². The number of esters is 2. The van der Waals surface area contributed by atoms with Gasteiger partial charge in [-0.1, -0.05) is 110 Å². The van der Waals surface area contributed by atoms with Crippen LogP contribution in [0.15, 0.2) is 0 Å². The van der Waals surface area contributed by atoms with Crippen molar-refractivity contribution in [2.24, 2.45) is 0 Å². The van der Waals surface area contributed by atoms with Crippen molar-refractivity contribution in [3.63, 3.8) is 0 Å². The number of nitrogens with zero attached hydrogens (tertiary/aromatic N) is 1. The van der Waals surface area contributed by atoms with E-state index in [-0.39, 0.29) is 24.6 Å². The second kappa shape index (κ2) is 31.8. The minimum atomic E-state index is -0.0779. The molecule has 0 aliphatic rings. The van der Waals surface area contributed by atoms with Crippen LogP contribution in [0.5, 0.6) is 0 Å². The Morgan fingerprint density at radius 1 is 0.561 bits per heavy atom. The highest BCUT2D eigenvalue weighted by molar-refractivity contribution is 5.69. The minimum absolute atomic E-state index is 0.0427. The molecule has 0 aliphatic carbocycles. The molecule has 41 heavy (non-hydrogen) atoms. The molecule has 0 saturated carbocycles. The quantitative estimate of drug-likeness (QED) is 0.0628. The number of ether oxygens (including phenoxy) is 2. The number of hydrogen-bond acceptors (Lipinski definition) is 6. The lowest BCUT2D eigenvalue weighted by molar-refractivity contribution is -0.150. The van der Waals surface area contributed by atoms with E-state index in [2.05, 4.69) is 18.7 Å². The summed E-state index contributed by atoms with van der Waals surface area (Å²) in [5.74, 6) is -0.121. The molecule has 0 aromatic carbocycles. The number of hydrogen-bond donors (Lipinski definition) is 1. The molecule has 0 heterocycles. The monoisotopic (exact) mass is 584 g/mol. The Morgan fingerprint density at radius 2 is 1.02 bits per heavy atom. The van der Waals surface area contributed by atoms with E-state index < -0.39 is 0 Å². The van der Waals surface area contributed by atoms with Crippen LogP contribution in [-0.4, -0.2) is 60.9 Å². The zero-order valence-electron chi connectivity index (χ0n) is 27.6. The number of aliphatic hydroxyl groups is 1. The summed E-state index contributed by atoms with van der Waals surface area (Å²) >= 11 is 0. The summed E-state index contributed by atoms with van der Waals surface area (Å²) < 4.78 is 11.0. The molecule has 0 aromatic heterocycles. The fourth-order valence-corrected chi connectivity index (χ4v) is 5.46. The van der Waals surface area contributed by atoms with Gasteiger partial charge in [-0.05, 0) is 65.0 Å². The van der Waals surface area contributed by atoms with Crippen molar-refractivity contribution in [2.45, 2.75) is 181 Å². The lowest BCUT2D eigenvalue weighted by Crippen LogP contribution is -2.29. The Balaban J connectivity index is 4.17. The summed E-state index contributed by atoms with van der Waals surface area (Å²) in [6.45, 7) is 9.45. The third kappa shape index (κ3) is 28.7. The normalized spacial score (nSPS) is 11.5. The van der Waals surface area contributed by atoms with Crippen molar-refractivity contribution >= 4 is 11.9 Å². The van der Waals surface area contributed by atoms with Crippen LogP contribution in [0.25, 0.3) is 0 Å². The van der Waals surface area contributed by atoms with Gasteiger partial charge < -0.3 is 19.5 Å². The molecular formula is C35H69NO5. The van der Waals surface area contributed by atoms with Crippen LogP contribution in [-0.2, 0) is 19.1 Å². The third-order valence-electron chi connectivity index (χ3n) is 7.99. The first-order valence-electron chi connectivity index (χ1n) is 17.8. The summed E-state index contributed by atoms with van der Waals surface area (Å²) in [6, 6.07) is 0. The van der Waals surface area contributed by atoms with Gasteiger partial charge in [-0.25, -0.2) is 0 Å². The van der Waals surface area contributed by atoms with Crippen LogP contribution in [0.2, 0.25) is 0 Å². The number of carbonyl (C=O) groups excluding carboxylic acids is 2. The van der Waals surface area contributed by atoms with Crippen LogP contribution >= 0.6 is 0 Å². The highest BCUT2D eigenvalue weighted by atomic mass is 16.5. The second-order valence-electron chi connectivity index (χ2n) is 11.9. The number of aliphatic hydroxyl groups excluding tert-OH is 1. The smallest absolute Gasteiger partial charge is 0.306 e. The number of rotatable bonds is 32. The maximum atomic E-state index is 12.7. The lowest BCUT2D eigenvalue weighted by Gasteiger charge is -2.22. The van der Waals surface area contributed by atoms with Crippen LogP contribution in [0.1, 0.15) is 175 Å². The van der Waals surface area contributed by atoms with Gasteiger partial charge in [-0.15, -0.1) is 0 Å². The van der Waals surface area contributed by atoms with Crippen molar-refractivity contribution < 1.29 is 24.2 Å². The standard InChI is InChI=1S/C35H69NO5/c1-4-7-9-11-16-20-25-33(26-21-17-12-10-8-5-2)41-35(39)28-24-30-36(31-32-37)29-23-19-15-13-14-18-22-27-34(38)40-6-3/h33,37H,4-32H2,1-3H3. The van der Waals surface area contributed by atoms with E-state index in [1.165, 1.54) is 89.9 Å². The van der Waals surface area contributed by atoms with Crippen LogP contribution in [0, 0.1) is 0 Å². The van der Waals surface area contributed by atoms with Crippen LogP contribution in [0.3, 0.4) is 0 Å². The van der Waals surface area contributed by atoms with E-state index in [1.807, 2.05) is 6.92 Å². The largest absolute Gasteiger partial charge is 0.466 e. The number of unbranched alkanes of at least 4 members (excludes halogenated alkanes) is 16. The lowest BCUT2D eigenvalue weighted by atomic mass is 10.0. The molecule has 1 N–H and O–H groups in total. The second-order valence-corrected chi connectivity index (χ2v) is 11.9. The van der Waals surface area contributed by atoms with Crippen LogP contribution in [0.4, 0.5) is 0 Å². The summed E-state index contributed by atoms with van der Waals surface area (Å²) in [5.41, 5.74) is 0. The fourth-order valence-electron chi connectivity index (χ4n) is 5.46. The minimum Gasteiger partial charge on any atom is -0.466 e. The van der Waals surface area contributed by atoms with E-state index in [0.29, 0.717) is 26.0 Å². The molecule has 0 spiro atoms. The SMILES string of the molecule is CCCCCCCCC(CCCCCCCC)OC(=O)CCCN(CCO)CCCCCCCCCC(=O)OCC. The van der Waals surface area contributed by atoms with E-state index in [0.717, 1.165) is 64.5 Å². The predicted molar refractivity (Wildman–Crippen MR) is 172 cm³/mol. The maximum Gasteiger partial charge on any atom is 0.306 e. The van der Waals surface area contributed by atoms with Crippen molar-refractivity contribution in [3.8, 4) is 0 Å². The number of carbonyl (C=O) groups is 2. The van der Waals surface area contributed by atoms with Gasteiger partial charge in [0.05, 0.1) is 13.2 Å². The Hall–Kier alpha value is -1.14. The molecule has 0 saturated heterocycles. The van der Waals surface area contributed by atoms with Gasteiger partial charge in [-0.2, -0.15) is 0 Å². The Labute approximate surface area is 254 Å². The average molecular weight is 584 g/mol. The molecule has 0 bridgehead atoms. The molecule has 6 nitrogen and oxygen atoms in total. The topological polar surface area (TPSA) is 76.1 Å². The highest BCUT2D eigenvalue weighted by Gasteiger charge is 2.15. The first-order chi connectivity index (χ1) is 20.1. The Kier molecular flexibility index (Phi) is 30.9. The van der Waals surface area contributed by atoms with Gasteiger partial charge in [0.25, 0.3) is 0 Å². The third-order valence-corrected chi connectivity index (χ3v) is 7.99. The van der Waals surface area contributed by atoms with Crippen molar-refractivity contribution in [3.05, 3.63) is 0 Å². The zero-order chi connectivity index (χ0) is 30.2. The maximum absolute atomic E-state index is 12.7. The summed E-state index contributed by atoms with van der Waals surface area (Å²) in [7, 11) is 0. The molecule has 0 aliphatic heterocycles. The fraction of sp³-hybridized carbons (Fsp3) is 0.943. The summed E-state index contributed by atoms with van der Waals surface area (Å²) in [5, 5.41) is 9.49. The van der Waals surface area contributed by atoms with Gasteiger partial charge in [-0.3, -0.25) is 9.59 Å². The van der Waals surface area contributed by atoms with Crippen molar-refractivity contribution in [1.82, 2.24) is 4.90 Å². The molecule has 0 radical (unpaired) electrons. The van der Waals surface area contributed by atoms with Gasteiger partial charge >= 0.3 is 11.9 Å². The van der Waals surface area contributed by atoms with Gasteiger partial charge in [0.2, 0.25) is 0 Å². The first kappa shape index (κ1) is 39.9. The molecule has 244 valence electrons. The van der Waals surface area contributed by atoms with Gasteiger partial charge in [0.1, 0.15) is 6.10 Å². The molecule has 0 amide bonds. The molecule has 0 atom stereocenters. The van der Waals surface area contributed by atoms with E-state index in [4.69, 9.17) is 9.47 Å². The first-order valence-corrected chi connectivity index (χ1v) is 17.8.